The zero-order chi connectivity index (χ0) is 17.3. The fourth-order valence-corrected chi connectivity index (χ4v) is 3.97. The van der Waals surface area contributed by atoms with Crippen molar-refractivity contribution in [2.75, 3.05) is 40.3 Å². The number of carbonyl (C=O) groups excluding carboxylic acids is 2. The van der Waals surface area contributed by atoms with E-state index in [2.05, 4.69) is 16.8 Å². The van der Waals surface area contributed by atoms with Crippen molar-refractivity contribution < 1.29 is 9.59 Å². The molecule has 2 atom stereocenters. The van der Waals surface area contributed by atoms with Gasteiger partial charge in [0.05, 0.1) is 12.0 Å². The van der Waals surface area contributed by atoms with Crippen LogP contribution in [-0.2, 0) is 16.1 Å². The second-order valence-corrected chi connectivity index (χ2v) is 7.35. The molecule has 0 saturated carbocycles. The molecule has 1 spiro atoms. The van der Waals surface area contributed by atoms with Crippen LogP contribution in [0.15, 0.2) is 24.5 Å². The van der Waals surface area contributed by atoms with E-state index in [-0.39, 0.29) is 23.8 Å². The lowest BCUT2D eigenvalue weighted by molar-refractivity contribution is -0.142. The van der Waals surface area contributed by atoms with Crippen molar-refractivity contribution in [2.45, 2.75) is 19.9 Å². The summed E-state index contributed by atoms with van der Waals surface area (Å²) in [6.07, 6.45) is 4.46. The zero-order valence-electron chi connectivity index (χ0n) is 14.7. The summed E-state index contributed by atoms with van der Waals surface area (Å²) in [7, 11) is 3.46. The van der Waals surface area contributed by atoms with Gasteiger partial charge < -0.3 is 9.80 Å². The molecule has 24 heavy (non-hydrogen) atoms. The third-order valence-electron chi connectivity index (χ3n) is 5.50. The third kappa shape index (κ3) is 3.02. The first-order valence-electron chi connectivity index (χ1n) is 8.53. The quantitative estimate of drug-likeness (QED) is 0.821. The number of carbonyl (C=O) groups is 2. The Morgan fingerprint density at radius 1 is 1.38 bits per heavy atom. The van der Waals surface area contributed by atoms with E-state index in [0.29, 0.717) is 12.5 Å². The van der Waals surface area contributed by atoms with Crippen LogP contribution in [0.1, 0.15) is 18.9 Å². The molecule has 0 radical (unpaired) electrons. The van der Waals surface area contributed by atoms with Crippen LogP contribution < -0.4 is 0 Å². The maximum absolute atomic E-state index is 13.0. The molecule has 0 N–H and O–H groups in total. The van der Waals surface area contributed by atoms with Crippen LogP contribution in [0.4, 0.5) is 0 Å². The Bertz CT molecular complexity index is 619. The van der Waals surface area contributed by atoms with Crippen molar-refractivity contribution in [1.82, 2.24) is 19.7 Å². The molecule has 3 rings (SSSR count). The summed E-state index contributed by atoms with van der Waals surface area (Å²) in [6.45, 7) is 5.60. The van der Waals surface area contributed by atoms with E-state index in [1.54, 1.807) is 36.3 Å². The highest BCUT2D eigenvalue weighted by molar-refractivity contribution is 5.90. The molecule has 0 bridgehead atoms. The molecule has 130 valence electrons. The van der Waals surface area contributed by atoms with Gasteiger partial charge in [-0.1, -0.05) is 6.92 Å². The Morgan fingerprint density at radius 3 is 2.75 bits per heavy atom. The SMILES string of the molecule is C[C@H]1CN(Cc2ccncc2)C[C@@]12CCN(CC(=O)N(C)C)C2=O. The Hall–Kier alpha value is -1.95. The maximum atomic E-state index is 13.0. The average Bonchev–Trinajstić information content (AvgIpc) is 3.03. The van der Waals surface area contributed by atoms with Gasteiger partial charge in [0, 0.05) is 52.7 Å². The molecule has 0 aliphatic carbocycles. The fourth-order valence-electron chi connectivity index (χ4n) is 3.97. The van der Waals surface area contributed by atoms with Crippen molar-refractivity contribution in [1.29, 1.82) is 0 Å². The van der Waals surface area contributed by atoms with Gasteiger partial charge in [-0.15, -0.1) is 0 Å². The number of hydrogen-bond donors (Lipinski definition) is 0. The first-order valence-corrected chi connectivity index (χ1v) is 8.53. The van der Waals surface area contributed by atoms with Gasteiger partial charge in [0.1, 0.15) is 0 Å². The molecule has 6 heteroatoms. The van der Waals surface area contributed by atoms with Gasteiger partial charge in [-0.3, -0.25) is 19.5 Å². The van der Waals surface area contributed by atoms with Crippen LogP contribution in [0.3, 0.4) is 0 Å². The summed E-state index contributed by atoms with van der Waals surface area (Å²) in [5.41, 5.74) is 0.902. The first-order chi connectivity index (χ1) is 11.4. The van der Waals surface area contributed by atoms with Gasteiger partial charge in [0.2, 0.25) is 11.8 Å². The number of hydrogen-bond acceptors (Lipinski definition) is 4. The van der Waals surface area contributed by atoms with E-state index in [4.69, 9.17) is 0 Å². The molecular formula is C18H26N4O2. The molecule has 0 unspecified atom stereocenters. The molecule has 1 aromatic heterocycles. The maximum Gasteiger partial charge on any atom is 0.241 e. The first kappa shape index (κ1) is 16.9. The van der Waals surface area contributed by atoms with Gasteiger partial charge in [0.15, 0.2) is 0 Å². The summed E-state index contributed by atoms with van der Waals surface area (Å²) < 4.78 is 0. The lowest BCUT2D eigenvalue weighted by Gasteiger charge is -2.27. The minimum absolute atomic E-state index is 0.0142. The lowest BCUT2D eigenvalue weighted by Crippen LogP contribution is -2.43. The molecule has 0 aromatic carbocycles. The molecule has 2 saturated heterocycles. The normalized spacial score (nSPS) is 27.2. The van der Waals surface area contributed by atoms with E-state index in [0.717, 1.165) is 26.1 Å². The largest absolute Gasteiger partial charge is 0.347 e. The van der Waals surface area contributed by atoms with Gasteiger partial charge in [-0.05, 0) is 30.0 Å². The van der Waals surface area contributed by atoms with Gasteiger partial charge in [-0.25, -0.2) is 0 Å². The molecule has 2 aliphatic rings. The fraction of sp³-hybridized carbons (Fsp3) is 0.611. The number of amides is 2. The second kappa shape index (κ2) is 6.51. The minimum Gasteiger partial charge on any atom is -0.347 e. The van der Waals surface area contributed by atoms with E-state index in [1.165, 1.54) is 5.56 Å². The summed E-state index contributed by atoms with van der Waals surface area (Å²) in [5.74, 6) is 0.452. The Morgan fingerprint density at radius 2 is 2.08 bits per heavy atom. The van der Waals surface area contributed by atoms with E-state index in [1.807, 2.05) is 12.1 Å². The average molecular weight is 330 g/mol. The molecular weight excluding hydrogens is 304 g/mol. The van der Waals surface area contributed by atoms with E-state index >= 15 is 0 Å². The standard InChI is InChI=1S/C18H26N4O2/c1-14-10-21(11-15-4-7-19-8-5-15)13-18(14)6-9-22(17(18)24)12-16(23)20(2)3/h4-5,7-8,14H,6,9-13H2,1-3H3/t14-,18-/m0/s1. The van der Waals surface area contributed by atoms with Crippen LogP contribution >= 0.6 is 0 Å². The van der Waals surface area contributed by atoms with E-state index in [9.17, 15) is 9.59 Å². The number of likely N-dealkylation sites (tertiary alicyclic amines) is 2. The minimum atomic E-state index is -0.320. The van der Waals surface area contributed by atoms with Gasteiger partial charge in [0.25, 0.3) is 0 Å². The highest BCUT2D eigenvalue weighted by Gasteiger charge is 2.54. The van der Waals surface area contributed by atoms with Crippen LogP contribution in [0.2, 0.25) is 0 Å². The van der Waals surface area contributed by atoms with Crippen LogP contribution in [-0.4, -0.2) is 71.8 Å². The number of rotatable bonds is 4. The number of pyridine rings is 1. The van der Waals surface area contributed by atoms with E-state index < -0.39 is 0 Å². The summed E-state index contributed by atoms with van der Waals surface area (Å²) in [5, 5.41) is 0. The van der Waals surface area contributed by atoms with Crippen LogP contribution in [0.5, 0.6) is 0 Å². The predicted octanol–water partition coefficient (Wildman–Crippen LogP) is 0.840. The number of aromatic nitrogens is 1. The zero-order valence-corrected chi connectivity index (χ0v) is 14.7. The monoisotopic (exact) mass is 330 g/mol. The van der Waals surface area contributed by atoms with Crippen LogP contribution in [0, 0.1) is 11.3 Å². The van der Waals surface area contributed by atoms with Crippen molar-refractivity contribution in [2.24, 2.45) is 11.3 Å². The molecule has 2 amide bonds. The van der Waals surface area contributed by atoms with Gasteiger partial charge in [-0.2, -0.15) is 0 Å². The summed E-state index contributed by atoms with van der Waals surface area (Å²) in [4.78, 5) is 34.7. The molecule has 1 aromatic rings. The highest BCUT2D eigenvalue weighted by Crippen LogP contribution is 2.44. The molecule has 6 nitrogen and oxygen atoms in total. The molecule has 3 heterocycles. The Kier molecular flexibility index (Phi) is 4.58. The van der Waals surface area contributed by atoms with Crippen molar-refractivity contribution >= 4 is 11.8 Å². The molecule has 2 fully saturated rings. The second-order valence-electron chi connectivity index (χ2n) is 7.35. The van der Waals surface area contributed by atoms with Crippen molar-refractivity contribution in [3.8, 4) is 0 Å². The smallest absolute Gasteiger partial charge is 0.241 e. The lowest BCUT2D eigenvalue weighted by atomic mass is 9.78. The van der Waals surface area contributed by atoms with Crippen molar-refractivity contribution in [3.63, 3.8) is 0 Å². The van der Waals surface area contributed by atoms with Crippen LogP contribution in [0.25, 0.3) is 0 Å². The Labute approximate surface area is 143 Å². The highest BCUT2D eigenvalue weighted by atomic mass is 16.2. The topological polar surface area (TPSA) is 56.8 Å². The van der Waals surface area contributed by atoms with Gasteiger partial charge >= 0.3 is 0 Å². The van der Waals surface area contributed by atoms with Crippen molar-refractivity contribution in [3.05, 3.63) is 30.1 Å². The summed E-state index contributed by atoms with van der Waals surface area (Å²) in [6, 6.07) is 4.04. The predicted molar refractivity (Wildman–Crippen MR) is 91.0 cm³/mol. The number of nitrogens with zero attached hydrogens (tertiary/aromatic N) is 4. The number of likely N-dealkylation sites (N-methyl/N-ethyl adjacent to an activating group) is 1. The third-order valence-corrected chi connectivity index (χ3v) is 5.50. The Balaban J connectivity index is 1.67. The molecule has 2 aliphatic heterocycles. The summed E-state index contributed by atoms with van der Waals surface area (Å²) >= 11 is 0.